The highest BCUT2D eigenvalue weighted by Gasteiger charge is 2.35. The maximum atomic E-state index is 15.4. The Morgan fingerprint density at radius 3 is 2.27 bits per heavy atom. The van der Waals surface area contributed by atoms with E-state index in [-0.39, 0.29) is 10.8 Å². The summed E-state index contributed by atoms with van der Waals surface area (Å²) >= 11 is 4.79. The van der Waals surface area contributed by atoms with Crippen molar-refractivity contribution in [2.45, 2.75) is 18.6 Å². The van der Waals surface area contributed by atoms with Gasteiger partial charge in [-0.1, -0.05) is 12.1 Å². The number of halogens is 4. The van der Waals surface area contributed by atoms with Gasteiger partial charge in [0.2, 0.25) is 0 Å². The molecule has 2 fully saturated rings. The number of benzene rings is 2. The lowest BCUT2D eigenvalue weighted by molar-refractivity contribution is -0.137. The Labute approximate surface area is 219 Å². The first-order valence-corrected chi connectivity index (χ1v) is 12.4. The molecule has 37 heavy (non-hydrogen) atoms. The summed E-state index contributed by atoms with van der Waals surface area (Å²) in [5.41, 5.74) is 9.29. The maximum Gasteiger partial charge on any atom is 0.418 e. The van der Waals surface area contributed by atoms with Gasteiger partial charge in [-0.2, -0.15) is 18.3 Å². The summed E-state index contributed by atoms with van der Waals surface area (Å²) in [6.07, 6.45) is -1.97. The molecule has 200 valence electrons. The summed E-state index contributed by atoms with van der Waals surface area (Å²) in [5.74, 6) is -0.423. The van der Waals surface area contributed by atoms with E-state index < -0.39 is 17.6 Å². The molecular weight excluding hydrogens is 506 g/mol. The van der Waals surface area contributed by atoms with Crippen LogP contribution < -0.4 is 25.9 Å². The van der Waals surface area contributed by atoms with Crippen molar-refractivity contribution in [2.75, 3.05) is 68.1 Å². The van der Waals surface area contributed by atoms with Gasteiger partial charge in [0.1, 0.15) is 5.82 Å². The van der Waals surface area contributed by atoms with Gasteiger partial charge in [0.05, 0.1) is 17.5 Å². The van der Waals surface area contributed by atoms with E-state index in [0.717, 1.165) is 31.3 Å². The molecule has 0 saturated carbocycles. The highest BCUT2D eigenvalue weighted by molar-refractivity contribution is 7.80. The Bertz CT molecular complexity index is 1150. The molecule has 0 spiro atoms. The van der Waals surface area contributed by atoms with Crippen molar-refractivity contribution in [1.82, 2.24) is 10.3 Å². The van der Waals surface area contributed by atoms with Gasteiger partial charge in [-0.05, 0) is 57.0 Å². The summed E-state index contributed by atoms with van der Waals surface area (Å²) in [4.78, 5) is 7.97. The lowest BCUT2D eigenvalue weighted by Crippen LogP contribution is -2.47. The van der Waals surface area contributed by atoms with Crippen LogP contribution in [0.3, 0.4) is 0 Å². The van der Waals surface area contributed by atoms with Crippen LogP contribution in [0, 0.1) is 5.82 Å². The van der Waals surface area contributed by atoms with Crippen molar-refractivity contribution < 1.29 is 17.6 Å². The minimum atomic E-state index is -4.44. The third-order valence-electron chi connectivity index (χ3n) is 6.88. The highest BCUT2D eigenvalue weighted by Crippen LogP contribution is 2.37. The number of para-hydroxylation sites is 1. The number of nitrogens with one attached hydrogen (secondary N) is 1. The molecule has 2 saturated heterocycles. The molecule has 4 rings (SSSR count). The summed E-state index contributed by atoms with van der Waals surface area (Å²) in [6, 6.07) is 9.19. The Balaban J connectivity index is 1.58. The first kappa shape index (κ1) is 26.9. The molecule has 2 aliphatic heterocycles. The highest BCUT2D eigenvalue weighted by atomic mass is 32.1. The maximum absolute atomic E-state index is 15.4. The van der Waals surface area contributed by atoms with Crippen LogP contribution in [0.4, 0.5) is 34.6 Å². The van der Waals surface area contributed by atoms with Crippen molar-refractivity contribution in [3.8, 4) is 0 Å². The van der Waals surface area contributed by atoms with Crippen LogP contribution in [0.15, 0.2) is 41.5 Å². The van der Waals surface area contributed by atoms with Crippen LogP contribution in [-0.2, 0) is 6.18 Å². The molecule has 2 heterocycles. The number of hydrazone groups is 1. The van der Waals surface area contributed by atoms with E-state index >= 15 is 4.39 Å². The largest absolute Gasteiger partial charge is 0.418 e. The van der Waals surface area contributed by atoms with Crippen LogP contribution in [0.5, 0.6) is 0 Å². The number of anilines is 3. The first-order chi connectivity index (χ1) is 17.5. The zero-order valence-electron chi connectivity index (χ0n) is 20.8. The fourth-order valence-corrected chi connectivity index (χ4v) is 4.96. The third kappa shape index (κ3) is 6.24. The smallest absolute Gasteiger partial charge is 0.375 e. The molecule has 1 atom stereocenters. The van der Waals surface area contributed by atoms with Crippen molar-refractivity contribution >= 4 is 40.6 Å². The van der Waals surface area contributed by atoms with Gasteiger partial charge >= 0.3 is 6.18 Å². The van der Waals surface area contributed by atoms with E-state index in [1.807, 2.05) is 25.1 Å². The predicted molar refractivity (Wildman–Crippen MR) is 144 cm³/mol. The Kier molecular flexibility index (Phi) is 8.08. The Hall–Kier alpha value is -3.12. The number of piperazine rings is 1. The van der Waals surface area contributed by atoms with E-state index in [1.54, 1.807) is 11.0 Å². The molecule has 2 aromatic rings. The number of thiocarbonyl (C=S) groups is 1. The average Bonchev–Trinajstić information content (AvgIpc) is 3.34. The summed E-state index contributed by atoms with van der Waals surface area (Å²) in [6.45, 7) is 3.05. The molecule has 2 aliphatic rings. The van der Waals surface area contributed by atoms with Crippen LogP contribution in [0.1, 0.15) is 17.5 Å². The number of nitrogens with zero attached hydrogens (tertiary/aromatic N) is 5. The molecule has 0 amide bonds. The monoisotopic (exact) mass is 537 g/mol. The van der Waals surface area contributed by atoms with Crippen molar-refractivity contribution in [3.63, 3.8) is 0 Å². The number of rotatable bonds is 6. The SMILES string of the molecule is CN(C)[C@@H]1CCN(c2cc(N3CCN(c4ccccc4C(F)(F)F)CC3)c(F)cc2/C=N/NC(N)=S)C1. The standard InChI is InChI=1S/C25H31F4N7S/c1-33(2)18-7-8-36(16-18)22-14-23(20(26)13-17(22)15-31-32-24(30)37)35-11-9-34(10-12-35)21-6-4-3-5-19(21)25(27,28)29/h3-6,13-15,18H,7-12,16H2,1-2H3,(H3,30,32,37)/b31-15+/t18-/m1/s1. The number of nitrogens with two attached hydrogens (primary N) is 1. The number of likely N-dealkylation sites (N-methyl/N-ethyl adjacent to an activating group) is 1. The minimum Gasteiger partial charge on any atom is -0.375 e. The fourth-order valence-electron chi connectivity index (χ4n) is 4.91. The molecule has 0 aromatic heterocycles. The Morgan fingerprint density at radius 2 is 1.68 bits per heavy atom. The van der Waals surface area contributed by atoms with Crippen LogP contribution in [-0.4, -0.2) is 75.6 Å². The Morgan fingerprint density at radius 1 is 1.03 bits per heavy atom. The third-order valence-corrected chi connectivity index (χ3v) is 6.97. The molecule has 0 aliphatic carbocycles. The summed E-state index contributed by atoms with van der Waals surface area (Å²) in [7, 11) is 4.07. The molecule has 0 bridgehead atoms. The van der Waals surface area contributed by atoms with Gasteiger partial charge in [-0.3, -0.25) is 5.43 Å². The van der Waals surface area contributed by atoms with Gasteiger partial charge in [0, 0.05) is 62.2 Å². The second kappa shape index (κ2) is 11.1. The number of hydrogen-bond acceptors (Lipinski definition) is 6. The molecular formula is C25H31F4N7S. The molecule has 3 N–H and O–H groups in total. The topological polar surface area (TPSA) is 63.4 Å². The zero-order valence-corrected chi connectivity index (χ0v) is 21.6. The molecule has 12 heteroatoms. The van der Waals surface area contributed by atoms with Gasteiger partial charge < -0.3 is 25.3 Å². The van der Waals surface area contributed by atoms with Gasteiger partial charge in [-0.25, -0.2) is 4.39 Å². The summed E-state index contributed by atoms with van der Waals surface area (Å²) < 4.78 is 55.9. The zero-order chi connectivity index (χ0) is 26.7. The van der Waals surface area contributed by atoms with E-state index in [1.165, 1.54) is 24.4 Å². The van der Waals surface area contributed by atoms with Crippen LogP contribution >= 0.6 is 12.2 Å². The fraction of sp³-hybridized carbons (Fsp3) is 0.440. The molecule has 2 aromatic carbocycles. The van der Waals surface area contributed by atoms with Gasteiger partial charge in [0.25, 0.3) is 0 Å². The van der Waals surface area contributed by atoms with E-state index in [0.29, 0.717) is 43.5 Å². The first-order valence-electron chi connectivity index (χ1n) is 12.0. The van der Waals surface area contributed by atoms with E-state index in [2.05, 4.69) is 20.3 Å². The second-order valence-corrected chi connectivity index (χ2v) is 9.88. The van der Waals surface area contributed by atoms with Gasteiger partial charge in [0.15, 0.2) is 5.11 Å². The molecule has 0 unspecified atom stereocenters. The average molecular weight is 538 g/mol. The van der Waals surface area contributed by atoms with Crippen molar-refractivity contribution in [2.24, 2.45) is 10.8 Å². The lowest BCUT2D eigenvalue weighted by atomic mass is 10.1. The van der Waals surface area contributed by atoms with Crippen molar-refractivity contribution in [1.29, 1.82) is 0 Å². The normalized spacial score (nSPS) is 18.8. The summed E-state index contributed by atoms with van der Waals surface area (Å²) in [5, 5.41) is 4.03. The molecule has 7 nitrogen and oxygen atoms in total. The second-order valence-electron chi connectivity index (χ2n) is 9.44. The molecule has 0 radical (unpaired) electrons. The van der Waals surface area contributed by atoms with Gasteiger partial charge in [-0.15, -0.1) is 0 Å². The lowest BCUT2D eigenvalue weighted by Gasteiger charge is -2.38. The van der Waals surface area contributed by atoms with Crippen LogP contribution in [0.2, 0.25) is 0 Å². The van der Waals surface area contributed by atoms with E-state index in [4.69, 9.17) is 18.0 Å². The minimum absolute atomic E-state index is 0.00806. The van der Waals surface area contributed by atoms with Crippen molar-refractivity contribution in [3.05, 3.63) is 53.3 Å². The van der Waals surface area contributed by atoms with E-state index in [9.17, 15) is 13.2 Å². The number of hydrogen-bond donors (Lipinski definition) is 2. The number of alkyl halides is 3. The quantitative estimate of drug-likeness (QED) is 0.253. The van der Waals surface area contributed by atoms with Crippen LogP contribution in [0.25, 0.3) is 0 Å². The predicted octanol–water partition coefficient (Wildman–Crippen LogP) is 3.48.